The van der Waals surface area contributed by atoms with E-state index < -0.39 is 0 Å². The first-order valence-electron chi connectivity index (χ1n) is 8.64. The molecular formula is C18H24ClN3O2. The number of nitrogens with zero attached hydrogens (tertiary/aromatic N) is 2. The van der Waals surface area contributed by atoms with E-state index in [0.29, 0.717) is 13.0 Å². The summed E-state index contributed by atoms with van der Waals surface area (Å²) in [4.78, 5) is 28.4. The second-order valence-electron chi connectivity index (χ2n) is 6.56. The first-order valence-corrected chi connectivity index (χ1v) is 9.02. The molecule has 3 rings (SSSR count). The number of piperidine rings is 1. The van der Waals surface area contributed by atoms with Crippen LogP contribution in [0.5, 0.6) is 0 Å². The Hall–Kier alpha value is -1.75. The molecule has 2 heterocycles. The summed E-state index contributed by atoms with van der Waals surface area (Å²) in [6, 6.07) is 5.61. The van der Waals surface area contributed by atoms with Crippen LogP contribution in [0.25, 0.3) is 0 Å². The summed E-state index contributed by atoms with van der Waals surface area (Å²) < 4.78 is 0. The van der Waals surface area contributed by atoms with Crippen LogP contribution in [-0.4, -0.2) is 48.9 Å². The average molecular weight is 350 g/mol. The van der Waals surface area contributed by atoms with Gasteiger partial charge in [0.15, 0.2) is 0 Å². The number of rotatable bonds is 2. The quantitative estimate of drug-likeness (QED) is 0.891. The highest BCUT2D eigenvalue weighted by molar-refractivity contribution is 6.31. The number of benzene rings is 1. The third kappa shape index (κ3) is 3.66. The largest absolute Gasteiger partial charge is 0.369 e. The Morgan fingerprint density at radius 3 is 2.83 bits per heavy atom. The fraction of sp³-hybridized carbons (Fsp3) is 0.556. The van der Waals surface area contributed by atoms with Gasteiger partial charge in [0.2, 0.25) is 11.8 Å². The molecule has 2 amide bonds. The molecule has 1 aromatic rings. The summed E-state index contributed by atoms with van der Waals surface area (Å²) in [5.41, 5.74) is 2.22. The third-order valence-electron chi connectivity index (χ3n) is 4.92. The van der Waals surface area contributed by atoms with Crippen molar-refractivity contribution in [2.75, 3.05) is 31.1 Å². The molecule has 0 saturated carbocycles. The maximum absolute atomic E-state index is 12.7. The van der Waals surface area contributed by atoms with Gasteiger partial charge in [-0.2, -0.15) is 0 Å². The molecule has 0 unspecified atom stereocenters. The van der Waals surface area contributed by atoms with E-state index in [1.54, 1.807) is 0 Å². The minimum Gasteiger partial charge on any atom is -0.369 e. The minimum absolute atomic E-state index is 0.00870. The van der Waals surface area contributed by atoms with Gasteiger partial charge in [0.05, 0.1) is 0 Å². The molecule has 0 bridgehead atoms. The molecule has 0 spiro atoms. The van der Waals surface area contributed by atoms with Crippen LogP contribution >= 0.6 is 11.6 Å². The standard InChI is InChI=1S/C18H24ClN3O2/c1-13-14(19)5-2-7-16(13)21-9-4-10-22(12-11-21)18(24)15-6-3-8-17(23)20-15/h2,5,7,15H,3-4,6,8-12H2,1H3,(H,20,23)/t15-/m1/s1. The molecule has 24 heavy (non-hydrogen) atoms. The van der Waals surface area contributed by atoms with E-state index in [1.165, 1.54) is 0 Å². The topological polar surface area (TPSA) is 52.7 Å². The molecule has 0 radical (unpaired) electrons. The summed E-state index contributed by atoms with van der Waals surface area (Å²) in [6.07, 6.45) is 2.99. The normalized spacial score (nSPS) is 22.1. The van der Waals surface area contributed by atoms with Crippen LogP contribution in [0.4, 0.5) is 5.69 Å². The summed E-state index contributed by atoms with van der Waals surface area (Å²) in [7, 11) is 0. The number of carbonyl (C=O) groups is 2. The average Bonchev–Trinajstić information content (AvgIpc) is 2.83. The Morgan fingerprint density at radius 2 is 2.04 bits per heavy atom. The number of carbonyl (C=O) groups excluding carboxylic acids is 2. The van der Waals surface area contributed by atoms with E-state index in [4.69, 9.17) is 11.6 Å². The molecule has 2 saturated heterocycles. The maximum Gasteiger partial charge on any atom is 0.245 e. The molecule has 1 aromatic carbocycles. The van der Waals surface area contributed by atoms with Gasteiger partial charge in [0, 0.05) is 43.3 Å². The molecule has 6 heteroatoms. The van der Waals surface area contributed by atoms with Crippen molar-refractivity contribution in [3.8, 4) is 0 Å². The second kappa shape index (κ2) is 7.43. The maximum atomic E-state index is 12.7. The minimum atomic E-state index is -0.342. The number of nitrogens with one attached hydrogen (secondary N) is 1. The highest BCUT2D eigenvalue weighted by Crippen LogP contribution is 2.27. The Bertz CT molecular complexity index is 635. The predicted molar refractivity (Wildman–Crippen MR) is 95.4 cm³/mol. The summed E-state index contributed by atoms with van der Waals surface area (Å²) in [5.74, 6) is 0.0540. The van der Waals surface area contributed by atoms with Gasteiger partial charge in [0.25, 0.3) is 0 Å². The highest BCUT2D eigenvalue weighted by atomic mass is 35.5. The second-order valence-corrected chi connectivity index (χ2v) is 6.97. The molecule has 2 fully saturated rings. The zero-order valence-corrected chi connectivity index (χ0v) is 14.8. The Morgan fingerprint density at radius 1 is 1.21 bits per heavy atom. The van der Waals surface area contributed by atoms with Crippen molar-refractivity contribution in [1.82, 2.24) is 10.2 Å². The van der Waals surface area contributed by atoms with Gasteiger partial charge in [-0.3, -0.25) is 9.59 Å². The van der Waals surface area contributed by atoms with Crippen molar-refractivity contribution in [2.45, 2.75) is 38.6 Å². The Labute approximate surface area is 147 Å². The summed E-state index contributed by atoms with van der Waals surface area (Å²) in [6.45, 7) is 5.14. The van der Waals surface area contributed by atoms with Crippen molar-refractivity contribution in [3.63, 3.8) is 0 Å². The number of hydrogen-bond acceptors (Lipinski definition) is 3. The molecule has 1 N–H and O–H groups in total. The van der Waals surface area contributed by atoms with E-state index in [0.717, 1.165) is 55.2 Å². The van der Waals surface area contributed by atoms with Crippen LogP contribution in [0.2, 0.25) is 5.02 Å². The smallest absolute Gasteiger partial charge is 0.245 e. The lowest BCUT2D eigenvalue weighted by Crippen LogP contribution is -2.51. The fourth-order valence-electron chi connectivity index (χ4n) is 3.53. The van der Waals surface area contributed by atoms with Crippen LogP contribution < -0.4 is 10.2 Å². The molecule has 0 aromatic heterocycles. The first kappa shape index (κ1) is 17.1. The lowest BCUT2D eigenvalue weighted by atomic mass is 10.0. The number of anilines is 1. The van der Waals surface area contributed by atoms with Crippen molar-refractivity contribution in [3.05, 3.63) is 28.8 Å². The Balaban J connectivity index is 1.65. The fourth-order valence-corrected chi connectivity index (χ4v) is 3.70. The summed E-state index contributed by atoms with van der Waals surface area (Å²) >= 11 is 6.24. The van der Waals surface area contributed by atoms with Crippen molar-refractivity contribution >= 4 is 29.1 Å². The molecule has 2 aliphatic heterocycles. The molecular weight excluding hydrogens is 326 g/mol. The van der Waals surface area contributed by atoms with E-state index >= 15 is 0 Å². The number of amides is 2. The predicted octanol–water partition coefficient (Wildman–Crippen LogP) is 2.36. The van der Waals surface area contributed by atoms with Gasteiger partial charge in [-0.05, 0) is 43.9 Å². The lowest BCUT2D eigenvalue weighted by molar-refractivity contribution is -0.137. The molecule has 5 nitrogen and oxygen atoms in total. The van der Waals surface area contributed by atoms with Crippen LogP contribution in [-0.2, 0) is 9.59 Å². The van der Waals surface area contributed by atoms with Crippen LogP contribution in [0, 0.1) is 6.92 Å². The van der Waals surface area contributed by atoms with Crippen LogP contribution in [0.1, 0.15) is 31.2 Å². The van der Waals surface area contributed by atoms with Crippen molar-refractivity contribution < 1.29 is 9.59 Å². The molecule has 130 valence electrons. The van der Waals surface area contributed by atoms with Crippen LogP contribution in [0.3, 0.4) is 0 Å². The van der Waals surface area contributed by atoms with Gasteiger partial charge in [-0.25, -0.2) is 0 Å². The van der Waals surface area contributed by atoms with Crippen molar-refractivity contribution in [1.29, 1.82) is 0 Å². The molecule has 2 aliphatic rings. The van der Waals surface area contributed by atoms with E-state index in [2.05, 4.69) is 16.3 Å². The highest BCUT2D eigenvalue weighted by Gasteiger charge is 2.29. The summed E-state index contributed by atoms with van der Waals surface area (Å²) in [5, 5.41) is 3.60. The first-order chi connectivity index (χ1) is 11.6. The van der Waals surface area contributed by atoms with Crippen LogP contribution in [0.15, 0.2) is 18.2 Å². The lowest BCUT2D eigenvalue weighted by Gasteiger charge is -2.29. The van der Waals surface area contributed by atoms with Gasteiger partial charge in [0.1, 0.15) is 6.04 Å². The monoisotopic (exact) mass is 349 g/mol. The number of halogens is 1. The van der Waals surface area contributed by atoms with Gasteiger partial charge >= 0.3 is 0 Å². The van der Waals surface area contributed by atoms with Crippen molar-refractivity contribution in [2.24, 2.45) is 0 Å². The SMILES string of the molecule is Cc1c(Cl)cccc1N1CCCN(C(=O)[C@H]2CCCC(=O)N2)CC1. The zero-order valence-electron chi connectivity index (χ0n) is 14.1. The van der Waals surface area contributed by atoms with Gasteiger partial charge < -0.3 is 15.1 Å². The van der Waals surface area contributed by atoms with E-state index in [9.17, 15) is 9.59 Å². The Kier molecular flexibility index (Phi) is 5.29. The van der Waals surface area contributed by atoms with E-state index in [-0.39, 0.29) is 17.9 Å². The number of hydrogen-bond donors (Lipinski definition) is 1. The van der Waals surface area contributed by atoms with Gasteiger partial charge in [-0.15, -0.1) is 0 Å². The molecule has 0 aliphatic carbocycles. The molecule has 1 atom stereocenters. The third-order valence-corrected chi connectivity index (χ3v) is 5.33. The zero-order chi connectivity index (χ0) is 17.1. The van der Waals surface area contributed by atoms with E-state index in [1.807, 2.05) is 24.0 Å². The van der Waals surface area contributed by atoms with Gasteiger partial charge in [-0.1, -0.05) is 17.7 Å².